The Balaban J connectivity index is 1.65. The molecule has 1 aliphatic rings. The molecule has 2 aromatic carbocycles. The van der Waals surface area contributed by atoms with Gasteiger partial charge in [-0.2, -0.15) is 4.73 Å². The van der Waals surface area contributed by atoms with Crippen LogP contribution in [-0.4, -0.2) is 5.91 Å². The van der Waals surface area contributed by atoms with Gasteiger partial charge in [-0.15, -0.1) is 0 Å². The molecule has 128 valence electrons. The first-order valence-electron chi connectivity index (χ1n) is 8.18. The Morgan fingerprint density at radius 1 is 1.00 bits per heavy atom. The number of fused-ring (bicyclic) bond motifs is 3. The van der Waals surface area contributed by atoms with Crippen LogP contribution in [0.2, 0.25) is 0 Å². The largest absolute Gasteiger partial charge is 0.618 e. The smallest absolute Gasteiger partial charge is 0.252 e. The Morgan fingerprint density at radius 3 is 2.50 bits per heavy atom. The fourth-order valence-electron chi connectivity index (χ4n) is 3.33. The average Bonchev–Trinajstić information content (AvgIpc) is 2.96. The zero-order chi connectivity index (χ0) is 18.3. The van der Waals surface area contributed by atoms with Crippen molar-refractivity contribution in [3.63, 3.8) is 0 Å². The van der Waals surface area contributed by atoms with Crippen molar-refractivity contribution in [3.05, 3.63) is 94.8 Å². The van der Waals surface area contributed by atoms with Crippen molar-refractivity contribution < 1.29 is 9.52 Å². The van der Waals surface area contributed by atoms with E-state index >= 15 is 0 Å². The summed E-state index contributed by atoms with van der Waals surface area (Å²) in [6.45, 7) is 4.30. The molecule has 3 aromatic rings. The van der Waals surface area contributed by atoms with E-state index in [1.54, 1.807) is 24.3 Å². The van der Waals surface area contributed by atoms with Crippen LogP contribution in [0, 0.1) is 5.21 Å². The number of carbonyl (C=O) groups is 1. The van der Waals surface area contributed by atoms with Crippen LogP contribution >= 0.6 is 12.6 Å². The molecule has 1 heterocycles. The first-order valence-corrected chi connectivity index (χ1v) is 8.63. The van der Waals surface area contributed by atoms with E-state index in [0.29, 0.717) is 21.0 Å². The van der Waals surface area contributed by atoms with Crippen LogP contribution < -0.4 is 10.0 Å². The molecule has 5 heteroatoms. The number of nitrogens with zero attached hydrogens (tertiary/aromatic N) is 1. The van der Waals surface area contributed by atoms with Crippen molar-refractivity contribution >= 4 is 24.1 Å². The lowest BCUT2D eigenvalue weighted by Gasteiger charge is -2.11. The minimum absolute atomic E-state index is 0.125. The highest BCUT2D eigenvalue weighted by atomic mass is 32.1. The molecule has 0 atom stereocenters. The van der Waals surface area contributed by atoms with E-state index in [-0.39, 0.29) is 12.5 Å². The van der Waals surface area contributed by atoms with Gasteiger partial charge in [-0.3, -0.25) is 4.79 Å². The van der Waals surface area contributed by atoms with E-state index < -0.39 is 0 Å². The number of nitrogens with one attached hydrogen (secondary N) is 1. The number of aromatic nitrogens is 1. The Labute approximate surface area is 156 Å². The van der Waals surface area contributed by atoms with Crippen molar-refractivity contribution in [1.82, 2.24) is 5.32 Å². The van der Waals surface area contributed by atoms with Gasteiger partial charge in [0.15, 0.2) is 0 Å². The molecule has 1 aromatic heterocycles. The van der Waals surface area contributed by atoms with Crippen LogP contribution in [0.15, 0.2) is 72.3 Å². The Hall–Kier alpha value is -3.05. The molecular weight excluding hydrogens is 344 g/mol. The maximum Gasteiger partial charge on any atom is 0.252 e. The molecule has 0 unspecified atom stereocenters. The number of hydrogen-bond acceptors (Lipinski definition) is 3. The highest BCUT2D eigenvalue weighted by Gasteiger charge is 2.26. The number of benzene rings is 2. The number of hydrogen-bond donors (Lipinski definition) is 2. The van der Waals surface area contributed by atoms with Gasteiger partial charge in [-0.05, 0) is 34.4 Å². The summed E-state index contributed by atoms with van der Waals surface area (Å²) in [7, 11) is 0. The fourth-order valence-corrected chi connectivity index (χ4v) is 3.55. The first-order chi connectivity index (χ1) is 12.6. The number of carbonyl (C=O) groups excluding carboxylic acids is 1. The van der Waals surface area contributed by atoms with Gasteiger partial charge in [-0.1, -0.05) is 55.6 Å². The van der Waals surface area contributed by atoms with E-state index in [4.69, 9.17) is 0 Å². The molecule has 1 aliphatic carbocycles. The Morgan fingerprint density at radius 2 is 1.69 bits per heavy atom. The van der Waals surface area contributed by atoms with Crippen molar-refractivity contribution in [3.8, 4) is 11.1 Å². The van der Waals surface area contributed by atoms with Crippen LogP contribution in [-0.2, 0) is 6.54 Å². The molecule has 0 fully saturated rings. The van der Waals surface area contributed by atoms with Crippen molar-refractivity contribution in [2.45, 2.75) is 11.6 Å². The minimum Gasteiger partial charge on any atom is -0.618 e. The maximum absolute atomic E-state index is 12.8. The maximum atomic E-state index is 12.8. The average molecular weight is 360 g/mol. The molecule has 4 rings (SSSR count). The zero-order valence-electron chi connectivity index (χ0n) is 13.9. The second-order valence-corrected chi connectivity index (χ2v) is 6.56. The summed E-state index contributed by atoms with van der Waals surface area (Å²) >= 11 is 4.10. The molecule has 0 bridgehead atoms. The second kappa shape index (κ2) is 6.35. The topological polar surface area (TPSA) is 56.0 Å². The summed E-state index contributed by atoms with van der Waals surface area (Å²) in [5.74, 6) is -0.236. The summed E-state index contributed by atoms with van der Waals surface area (Å²) in [4.78, 5) is 12.8. The first kappa shape index (κ1) is 16.4. The van der Waals surface area contributed by atoms with Crippen molar-refractivity contribution in [2.75, 3.05) is 0 Å². The molecular formula is C21H16N2O2S. The fraction of sp³-hybridized carbons (Fsp3) is 0.0476. The molecule has 26 heavy (non-hydrogen) atoms. The highest BCUT2D eigenvalue weighted by molar-refractivity contribution is 7.80. The molecule has 1 N–H and O–H groups in total. The third-order valence-corrected chi connectivity index (χ3v) is 4.92. The lowest BCUT2D eigenvalue weighted by Crippen LogP contribution is -2.37. The minimum atomic E-state index is -0.236. The van der Waals surface area contributed by atoms with Crippen LogP contribution in [0.5, 0.6) is 0 Å². The van der Waals surface area contributed by atoms with E-state index in [1.807, 2.05) is 36.4 Å². The molecule has 0 saturated carbocycles. The van der Waals surface area contributed by atoms with Gasteiger partial charge in [0.1, 0.15) is 6.54 Å². The summed E-state index contributed by atoms with van der Waals surface area (Å²) in [5.41, 5.74) is 5.82. The van der Waals surface area contributed by atoms with E-state index in [0.717, 1.165) is 27.8 Å². The lowest BCUT2D eigenvalue weighted by atomic mass is 9.98. The molecule has 0 saturated heterocycles. The summed E-state index contributed by atoms with van der Waals surface area (Å²) in [6, 6.07) is 18.6. The molecule has 0 radical (unpaired) electrons. The van der Waals surface area contributed by atoms with Gasteiger partial charge in [0.2, 0.25) is 10.7 Å². The number of amides is 1. The van der Waals surface area contributed by atoms with Gasteiger partial charge in [0.25, 0.3) is 5.91 Å². The third kappa shape index (κ3) is 2.57. The quantitative estimate of drug-likeness (QED) is 0.333. The summed E-state index contributed by atoms with van der Waals surface area (Å²) in [6.07, 6.45) is 0. The number of rotatable bonds is 3. The summed E-state index contributed by atoms with van der Waals surface area (Å²) in [5, 5.41) is 15.1. The van der Waals surface area contributed by atoms with Gasteiger partial charge < -0.3 is 10.5 Å². The molecule has 1 amide bonds. The highest BCUT2D eigenvalue weighted by Crippen LogP contribution is 2.44. The van der Waals surface area contributed by atoms with Gasteiger partial charge >= 0.3 is 0 Å². The van der Waals surface area contributed by atoms with Gasteiger partial charge in [-0.25, -0.2) is 0 Å². The SMILES string of the molecule is C=C1c2ccccc2-c2cccc(C(=O)NCc3cccc(S)[n+]3[O-])c21. The van der Waals surface area contributed by atoms with Crippen molar-refractivity contribution in [1.29, 1.82) is 0 Å². The Bertz CT molecular complexity index is 1060. The van der Waals surface area contributed by atoms with E-state index in [9.17, 15) is 10.0 Å². The number of thiol groups is 1. The van der Waals surface area contributed by atoms with E-state index in [1.165, 1.54) is 0 Å². The standard InChI is InChI=1S/C21H16N2O2S/c1-13-15-7-2-3-8-16(15)17-9-5-10-18(20(13)17)21(24)22-12-14-6-4-11-19(26)23(14)25/h2-11,26H,1,12H2,(H,22,24). The third-order valence-electron chi connectivity index (χ3n) is 4.59. The van der Waals surface area contributed by atoms with E-state index in [2.05, 4.69) is 24.5 Å². The van der Waals surface area contributed by atoms with Crippen LogP contribution in [0.4, 0.5) is 0 Å². The molecule has 0 spiro atoms. The normalized spacial score (nSPS) is 11.8. The van der Waals surface area contributed by atoms with Gasteiger partial charge in [0.05, 0.1) is 0 Å². The summed E-state index contributed by atoms with van der Waals surface area (Å²) < 4.78 is 0.702. The second-order valence-electron chi connectivity index (χ2n) is 6.10. The monoisotopic (exact) mass is 360 g/mol. The van der Waals surface area contributed by atoms with Crippen LogP contribution in [0.25, 0.3) is 16.7 Å². The molecule has 0 aliphatic heterocycles. The predicted molar refractivity (Wildman–Crippen MR) is 104 cm³/mol. The zero-order valence-corrected chi connectivity index (χ0v) is 14.8. The number of pyridine rings is 1. The van der Waals surface area contributed by atoms with Crippen molar-refractivity contribution in [2.24, 2.45) is 0 Å². The molecule has 4 nitrogen and oxygen atoms in total. The predicted octanol–water partition coefficient (Wildman–Crippen LogP) is 3.58. The van der Waals surface area contributed by atoms with Crippen LogP contribution in [0.1, 0.15) is 27.2 Å². The van der Waals surface area contributed by atoms with Crippen LogP contribution in [0.3, 0.4) is 0 Å². The lowest BCUT2D eigenvalue weighted by molar-refractivity contribution is -0.653. The Kier molecular flexibility index (Phi) is 4.01. The van der Waals surface area contributed by atoms with Gasteiger partial charge in [0, 0.05) is 23.3 Å².